The van der Waals surface area contributed by atoms with Crippen molar-refractivity contribution in [2.75, 3.05) is 11.5 Å². The van der Waals surface area contributed by atoms with Crippen LogP contribution in [0.1, 0.15) is 42.9 Å². The van der Waals surface area contributed by atoms with E-state index in [1.807, 2.05) is 0 Å². The standard InChI is InChI=1S/C11H15ClN2O3S/c12-10-8-2-1-3-9(15)14(8)11(13-10)7-4-5-18(16,17)6-7/h7,9,15H,1-6H2. The van der Waals surface area contributed by atoms with Gasteiger partial charge >= 0.3 is 0 Å². The third kappa shape index (κ3) is 1.96. The van der Waals surface area contributed by atoms with Crippen molar-refractivity contribution in [1.82, 2.24) is 9.55 Å². The molecule has 0 aliphatic carbocycles. The third-order valence-electron chi connectivity index (χ3n) is 3.76. The van der Waals surface area contributed by atoms with Crippen molar-refractivity contribution in [3.05, 3.63) is 16.7 Å². The van der Waals surface area contributed by atoms with E-state index in [9.17, 15) is 13.5 Å². The highest BCUT2D eigenvalue weighted by atomic mass is 35.5. The SMILES string of the molecule is O=S1(=O)CCC(c2nc(Cl)c3n2C(O)CCC3)C1. The van der Waals surface area contributed by atoms with Crippen LogP contribution in [0.15, 0.2) is 0 Å². The Kier molecular flexibility index (Phi) is 2.91. The molecular formula is C11H15ClN2O3S. The summed E-state index contributed by atoms with van der Waals surface area (Å²) in [5.74, 6) is 0.831. The highest BCUT2D eigenvalue weighted by Crippen LogP contribution is 2.36. The average Bonchev–Trinajstić information content (AvgIpc) is 2.81. The van der Waals surface area contributed by atoms with Crippen LogP contribution in [0.4, 0.5) is 0 Å². The highest BCUT2D eigenvalue weighted by molar-refractivity contribution is 7.91. The predicted molar refractivity (Wildman–Crippen MR) is 67.4 cm³/mol. The van der Waals surface area contributed by atoms with Gasteiger partial charge in [0.2, 0.25) is 0 Å². The van der Waals surface area contributed by atoms with Gasteiger partial charge in [0.25, 0.3) is 0 Å². The van der Waals surface area contributed by atoms with Crippen molar-refractivity contribution >= 4 is 21.4 Å². The maximum atomic E-state index is 11.5. The number of aliphatic hydroxyl groups is 1. The summed E-state index contributed by atoms with van der Waals surface area (Å²) in [6.07, 6.45) is 2.30. The molecule has 7 heteroatoms. The first-order chi connectivity index (χ1) is 8.48. The van der Waals surface area contributed by atoms with E-state index in [1.165, 1.54) is 0 Å². The molecule has 0 radical (unpaired) electrons. The van der Waals surface area contributed by atoms with Crippen molar-refractivity contribution in [1.29, 1.82) is 0 Å². The summed E-state index contributed by atoms with van der Waals surface area (Å²) in [6, 6.07) is 0. The molecule has 5 nitrogen and oxygen atoms in total. The molecule has 2 unspecified atom stereocenters. The predicted octanol–water partition coefficient (Wildman–Crippen LogP) is 1.27. The second kappa shape index (κ2) is 4.21. The summed E-state index contributed by atoms with van der Waals surface area (Å²) in [5.41, 5.74) is 0.842. The van der Waals surface area contributed by atoms with Crippen molar-refractivity contribution in [2.45, 2.75) is 37.8 Å². The third-order valence-corrected chi connectivity index (χ3v) is 5.83. The maximum Gasteiger partial charge on any atom is 0.151 e. The minimum absolute atomic E-state index is 0.118. The second-order valence-electron chi connectivity index (χ2n) is 5.05. The molecule has 1 aromatic heterocycles. The molecule has 1 fully saturated rings. The number of hydrogen-bond acceptors (Lipinski definition) is 4. The summed E-state index contributed by atoms with van der Waals surface area (Å²) >= 11 is 6.09. The number of imidazole rings is 1. The van der Waals surface area contributed by atoms with Gasteiger partial charge < -0.3 is 9.67 Å². The van der Waals surface area contributed by atoms with Crippen LogP contribution in [0.2, 0.25) is 5.15 Å². The number of halogens is 1. The molecule has 0 amide bonds. The van der Waals surface area contributed by atoms with Gasteiger partial charge in [0.05, 0.1) is 17.2 Å². The molecule has 2 aliphatic heterocycles. The van der Waals surface area contributed by atoms with Gasteiger partial charge in [-0.1, -0.05) is 11.6 Å². The van der Waals surface area contributed by atoms with Crippen molar-refractivity contribution < 1.29 is 13.5 Å². The summed E-state index contributed by atoms with van der Waals surface area (Å²) in [5, 5.41) is 10.5. The minimum Gasteiger partial charge on any atom is -0.373 e. The number of nitrogens with zero attached hydrogens (tertiary/aromatic N) is 2. The lowest BCUT2D eigenvalue weighted by molar-refractivity contribution is 0.0749. The van der Waals surface area contributed by atoms with Crippen LogP contribution in [-0.2, 0) is 16.3 Å². The molecule has 100 valence electrons. The second-order valence-corrected chi connectivity index (χ2v) is 7.64. The lowest BCUT2D eigenvalue weighted by Crippen LogP contribution is -2.21. The van der Waals surface area contributed by atoms with Gasteiger partial charge in [-0.05, 0) is 25.7 Å². The Morgan fingerprint density at radius 2 is 2.17 bits per heavy atom. The summed E-state index contributed by atoms with van der Waals surface area (Å²) < 4.78 is 24.8. The number of aliphatic hydroxyl groups excluding tert-OH is 1. The van der Waals surface area contributed by atoms with Gasteiger partial charge in [-0.3, -0.25) is 0 Å². The minimum atomic E-state index is -2.96. The molecular weight excluding hydrogens is 276 g/mol. The number of aromatic nitrogens is 2. The topological polar surface area (TPSA) is 72.2 Å². The Hall–Kier alpha value is -0.590. The molecule has 2 atom stereocenters. The zero-order valence-electron chi connectivity index (χ0n) is 9.84. The number of hydrogen-bond donors (Lipinski definition) is 1. The van der Waals surface area contributed by atoms with Gasteiger partial charge in [0.15, 0.2) is 15.0 Å². The molecule has 18 heavy (non-hydrogen) atoms. The molecule has 0 saturated carbocycles. The quantitative estimate of drug-likeness (QED) is 0.845. The van der Waals surface area contributed by atoms with Gasteiger partial charge in [-0.15, -0.1) is 0 Å². The van der Waals surface area contributed by atoms with E-state index < -0.39 is 16.1 Å². The fraction of sp³-hybridized carbons (Fsp3) is 0.727. The van der Waals surface area contributed by atoms with E-state index in [1.54, 1.807) is 4.57 Å². The van der Waals surface area contributed by atoms with E-state index in [-0.39, 0.29) is 17.4 Å². The zero-order valence-corrected chi connectivity index (χ0v) is 11.4. The highest BCUT2D eigenvalue weighted by Gasteiger charge is 2.35. The van der Waals surface area contributed by atoms with Crippen LogP contribution in [0, 0.1) is 0 Å². The molecule has 2 aliphatic rings. The van der Waals surface area contributed by atoms with Crippen LogP contribution in [0.3, 0.4) is 0 Å². The molecule has 1 aromatic rings. The van der Waals surface area contributed by atoms with E-state index in [4.69, 9.17) is 11.6 Å². The average molecular weight is 291 g/mol. The van der Waals surface area contributed by atoms with Crippen LogP contribution in [0.25, 0.3) is 0 Å². The summed E-state index contributed by atoms with van der Waals surface area (Å²) in [4.78, 5) is 4.29. The molecule has 0 aromatic carbocycles. The van der Waals surface area contributed by atoms with E-state index in [0.717, 1.165) is 18.5 Å². The fourth-order valence-electron chi connectivity index (χ4n) is 2.88. The Morgan fingerprint density at radius 3 is 2.83 bits per heavy atom. The Balaban J connectivity index is 2.03. The smallest absolute Gasteiger partial charge is 0.151 e. The van der Waals surface area contributed by atoms with Gasteiger partial charge in [-0.25, -0.2) is 13.4 Å². The van der Waals surface area contributed by atoms with E-state index >= 15 is 0 Å². The first kappa shape index (κ1) is 12.4. The fourth-order valence-corrected chi connectivity index (χ4v) is 4.89. The number of rotatable bonds is 1. The van der Waals surface area contributed by atoms with Crippen LogP contribution >= 0.6 is 11.6 Å². The van der Waals surface area contributed by atoms with Gasteiger partial charge in [0, 0.05) is 5.92 Å². The van der Waals surface area contributed by atoms with Crippen molar-refractivity contribution in [2.24, 2.45) is 0 Å². The molecule has 3 rings (SSSR count). The summed E-state index contributed by atoms with van der Waals surface area (Å²) in [6.45, 7) is 0. The van der Waals surface area contributed by atoms with Crippen LogP contribution in [-0.4, -0.2) is 34.6 Å². The lowest BCUT2D eigenvalue weighted by atomic mass is 10.1. The van der Waals surface area contributed by atoms with Gasteiger partial charge in [-0.2, -0.15) is 0 Å². The van der Waals surface area contributed by atoms with Crippen LogP contribution in [0.5, 0.6) is 0 Å². The molecule has 3 heterocycles. The zero-order chi connectivity index (χ0) is 12.9. The Labute approximate surface area is 111 Å². The monoisotopic (exact) mass is 290 g/mol. The molecule has 0 spiro atoms. The van der Waals surface area contributed by atoms with Crippen molar-refractivity contribution in [3.63, 3.8) is 0 Å². The summed E-state index contributed by atoms with van der Waals surface area (Å²) in [7, 11) is -2.96. The maximum absolute atomic E-state index is 11.5. The first-order valence-electron chi connectivity index (χ1n) is 6.13. The lowest BCUT2D eigenvalue weighted by Gasteiger charge is -2.24. The molecule has 1 saturated heterocycles. The van der Waals surface area contributed by atoms with Crippen molar-refractivity contribution in [3.8, 4) is 0 Å². The van der Waals surface area contributed by atoms with E-state index in [2.05, 4.69) is 4.98 Å². The molecule has 0 bridgehead atoms. The Morgan fingerprint density at radius 1 is 1.39 bits per heavy atom. The van der Waals surface area contributed by atoms with Gasteiger partial charge in [0.1, 0.15) is 12.1 Å². The van der Waals surface area contributed by atoms with E-state index in [0.29, 0.717) is 23.8 Å². The number of fused-ring (bicyclic) bond motifs is 1. The normalized spacial score (nSPS) is 30.3. The molecule has 1 N–H and O–H groups in total. The first-order valence-corrected chi connectivity index (χ1v) is 8.33. The Bertz CT molecular complexity index is 581. The number of sulfone groups is 1. The largest absolute Gasteiger partial charge is 0.373 e. The van der Waals surface area contributed by atoms with Crippen LogP contribution < -0.4 is 0 Å².